The maximum atomic E-state index is 11.8. The highest BCUT2D eigenvalue weighted by Crippen LogP contribution is 2.19. The van der Waals surface area contributed by atoms with E-state index in [1.807, 2.05) is 0 Å². The molecule has 4 nitrogen and oxygen atoms in total. The Hall–Kier alpha value is -0.320. The SMILES string of the molecule is CCC(CC)CNC(=O)[C@@H]1CC[C@H](CN)O1.Cl. The number of nitrogens with one attached hydrogen (secondary N) is 1. The van der Waals surface area contributed by atoms with Gasteiger partial charge < -0.3 is 15.8 Å². The summed E-state index contributed by atoms with van der Waals surface area (Å²) in [4.78, 5) is 11.8. The van der Waals surface area contributed by atoms with Crippen molar-refractivity contribution in [2.24, 2.45) is 11.7 Å². The summed E-state index contributed by atoms with van der Waals surface area (Å²) in [7, 11) is 0. The number of halogens is 1. The predicted octanol–water partition coefficient (Wildman–Crippen LogP) is 1.47. The van der Waals surface area contributed by atoms with Crippen LogP contribution in [0.25, 0.3) is 0 Å². The molecule has 3 N–H and O–H groups in total. The van der Waals surface area contributed by atoms with Gasteiger partial charge in [0.2, 0.25) is 5.91 Å². The predicted molar refractivity (Wildman–Crippen MR) is 71.3 cm³/mol. The maximum absolute atomic E-state index is 11.8. The zero-order valence-corrected chi connectivity index (χ0v) is 11.6. The zero-order chi connectivity index (χ0) is 12.0. The Bertz CT molecular complexity index is 223. The van der Waals surface area contributed by atoms with Crippen LogP contribution < -0.4 is 11.1 Å². The lowest BCUT2D eigenvalue weighted by molar-refractivity contribution is -0.132. The van der Waals surface area contributed by atoms with Gasteiger partial charge in [-0.05, 0) is 18.8 Å². The summed E-state index contributed by atoms with van der Waals surface area (Å²) < 4.78 is 5.53. The lowest BCUT2D eigenvalue weighted by atomic mass is 10.0. The quantitative estimate of drug-likeness (QED) is 0.764. The van der Waals surface area contributed by atoms with Crippen molar-refractivity contribution in [3.63, 3.8) is 0 Å². The second-order valence-electron chi connectivity index (χ2n) is 4.49. The van der Waals surface area contributed by atoms with Crippen LogP contribution in [0.2, 0.25) is 0 Å². The molecule has 0 radical (unpaired) electrons. The topological polar surface area (TPSA) is 64.4 Å². The van der Waals surface area contributed by atoms with Crippen molar-refractivity contribution in [2.45, 2.75) is 51.7 Å². The molecule has 0 aromatic rings. The second kappa shape index (κ2) is 8.72. The van der Waals surface area contributed by atoms with Gasteiger partial charge in [0.05, 0.1) is 6.10 Å². The van der Waals surface area contributed by atoms with E-state index in [4.69, 9.17) is 10.5 Å². The van der Waals surface area contributed by atoms with Crippen LogP contribution in [0.4, 0.5) is 0 Å². The molecule has 2 atom stereocenters. The third-order valence-corrected chi connectivity index (χ3v) is 3.38. The van der Waals surface area contributed by atoms with Gasteiger partial charge in [0.25, 0.3) is 0 Å². The van der Waals surface area contributed by atoms with E-state index < -0.39 is 0 Å². The molecule has 0 unspecified atom stereocenters. The van der Waals surface area contributed by atoms with Gasteiger partial charge in [0.15, 0.2) is 0 Å². The Morgan fingerprint density at radius 2 is 2.06 bits per heavy atom. The number of nitrogens with two attached hydrogens (primary N) is 1. The van der Waals surface area contributed by atoms with Crippen LogP contribution in [-0.2, 0) is 9.53 Å². The van der Waals surface area contributed by atoms with Crippen molar-refractivity contribution in [1.29, 1.82) is 0 Å². The molecule has 0 spiro atoms. The fourth-order valence-electron chi connectivity index (χ4n) is 2.01. The summed E-state index contributed by atoms with van der Waals surface area (Å²) >= 11 is 0. The molecule has 0 bridgehead atoms. The molecule has 102 valence electrons. The molecule has 1 amide bonds. The molecular weight excluding hydrogens is 240 g/mol. The summed E-state index contributed by atoms with van der Waals surface area (Å²) in [6.45, 7) is 5.57. The van der Waals surface area contributed by atoms with Gasteiger partial charge in [-0.2, -0.15) is 0 Å². The van der Waals surface area contributed by atoms with Crippen molar-refractivity contribution in [3.8, 4) is 0 Å². The summed E-state index contributed by atoms with van der Waals surface area (Å²) in [5.74, 6) is 0.610. The van der Waals surface area contributed by atoms with Gasteiger partial charge in [0.1, 0.15) is 6.10 Å². The number of hydrogen-bond donors (Lipinski definition) is 2. The number of ether oxygens (including phenoxy) is 1. The van der Waals surface area contributed by atoms with E-state index in [2.05, 4.69) is 19.2 Å². The van der Waals surface area contributed by atoms with E-state index >= 15 is 0 Å². The second-order valence-corrected chi connectivity index (χ2v) is 4.49. The van der Waals surface area contributed by atoms with Gasteiger partial charge in [-0.1, -0.05) is 26.7 Å². The van der Waals surface area contributed by atoms with E-state index in [0.717, 1.165) is 32.2 Å². The number of rotatable bonds is 6. The van der Waals surface area contributed by atoms with Crippen molar-refractivity contribution >= 4 is 18.3 Å². The molecule has 0 saturated carbocycles. The first-order chi connectivity index (χ1) is 7.71. The highest BCUT2D eigenvalue weighted by Gasteiger charge is 2.29. The third-order valence-electron chi connectivity index (χ3n) is 3.38. The normalized spacial score (nSPS) is 23.5. The molecule has 5 heteroatoms. The number of carbonyl (C=O) groups is 1. The molecular formula is C12H25ClN2O2. The number of amides is 1. The Kier molecular flexibility index (Phi) is 8.56. The first-order valence-electron chi connectivity index (χ1n) is 6.34. The Balaban J connectivity index is 0.00000256. The zero-order valence-electron chi connectivity index (χ0n) is 10.8. The van der Waals surface area contributed by atoms with E-state index in [0.29, 0.717) is 12.5 Å². The van der Waals surface area contributed by atoms with Gasteiger partial charge in [-0.3, -0.25) is 4.79 Å². The van der Waals surface area contributed by atoms with Gasteiger partial charge in [0, 0.05) is 13.1 Å². The summed E-state index contributed by atoms with van der Waals surface area (Å²) in [5, 5.41) is 2.97. The standard InChI is InChI=1S/C12H24N2O2.ClH/c1-3-9(4-2)8-14-12(15)11-6-5-10(7-13)16-11;/h9-11H,3-8,13H2,1-2H3,(H,14,15);1H/t10-,11+;/m1./s1. The lowest BCUT2D eigenvalue weighted by Gasteiger charge is -2.16. The minimum absolute atomic E-state index is 0. The smallest absolute Gasteiger partial charge is 0.249 e. The van der Waals surface area contributed by atoms with Gasteiger partial charge in [-0.15, -0.1) is 12.4 Å². The van der Waals surface area contributed by atoms with E-state index in [9.17, 15) is 4.79 Å². The number of carbonyl (C=O) groups excluding carboxylic acids is 1. The van der Waals surface area contributed by atoms with Crippen LogP contribution in [0, 0.1) is 5.92 Å². The van der Waals surface area contributed by atoms with Gasteiger partial charge in [-0.25, -0.2) is 0 Å². The van der Waals surface area contributed by atoms with Crippen LogP contribution in [0.15, 0.2) is 0 Å². The molecule has 1 aliphatic heterocycles. The Morgan fingerprint density at radius 1 is 1.41 bits per heavy atom. The minimum Gasteiger partial charge on any atom is -0.364 e. The largest absolute Gasteiger partial charge is 0.364 e. The third kappa shape index (κ3) is 5.23. The fourth-order valence-corrected chi connectivity index (χ4v) is 2.01. The maximum Gasteiger partial charge on any atom is 0.249 e. The minimum atomic E-state index is -0.275. The van der Waals surface area contributed by atoms with Crippen LogP contribution in [-0.4, -0.2) is 31.2 Å². The van der Waals surface area contributed by atoms with Crippen LogP contribution in [0.1, 0.15) is 39.5 Å². The van der Waals surface area contributed by atoms with Crippen molar-refractivity contribution in [2.75, 3.05) is 13.1 Å². The van der Waals surface area contributed by atoms with E-state index in [-0.39, 0.29) is 30.5 Å². The molecule has 1 saturated heterocycles. The fraction of sp³-hybridized carbons (Fsp3) is 0.917. The molecule has 1 rings (SSSR count). The molecule has 17 heavy (non-hydrogen) atoms. The molecule has 0 aromatic carbocycles. The molecule has 1 heterocycles. The Labute approximate surface area is 110 Å². The van der Waals surface area contributed by atoms with Crippen LogP contribution in [0.5, 0.6) is 0 Å². The van der Waals surface area contributed by atoms with E-state index in [1.165, 1.54) is 0 Å². The average Bonchev–Trinajstić information content (AvgIpc) is 2.78. The number of hydrogen-bond acceptors (Lipinski definition) is 3. The summed E-state index contributed by atoms with van der Waals surface area (Å²) in [5.41, 5.74) is 5.50. The van der Waals surface area contributed by atoms with Crippen molar-refractivity contribution < 1.29 is 9.53 Å². The van der Waals surface area contributed by atoms with Crippen molar-refractivity contribution in [3.05, 3.63) is 0 Å². The monoisotopic (exact) mass is 264 g/mol. The highest BCUT2D eigenvalue weighted by molar-refractivity contribution is 5.85. The summed E-state index contributed by atoms with van der Waals surface area (Å²) in [6, 6.07) is 0. The molecule has 0 aromatic heterocycles. The lowest BCUT2D eigenvalue weighted by Crippen LogP contribution is -2.38. The molecule has 0 aliphatic carbocycles. The van der Waals surface area contributed by atoms with Crippen LogP contribution in [0.3, 0.4) is 0 Å². The highest BCUT2D eigenvalue weighted by atomic mass is 35.5. The average molecular weight is 265 g/mol. The summed E-state index contributed by atoms with van der Waals surface area (Å²) in [6.07, 6.45) is 3.71. The van der Waals surface area contributed by atoms with Crippen molar-refractivity contribution in [1.82, 2.24) is 5.32 Å². The van der Waals surface area contributed by atoms with Gasteiger partial charge >= 0.3 is 0 Å². The molecule has 1 aliphatic rings. The van der Waals surface area contributed by atoms with Crippen LogP contribution >= 0.6 is 12.4 Å². The Morgan fingerprint density at radius 3 is 2.53 bits per heavy atom. The van der Waals surface area contributed by atoms with E-state index in [1.54, 1.807) is 0 Å². The first-order valence-corrected chi connectivity index (χ1v) is 6.34. The first kappa shape index (κ1) is 16.7. The molecule has 1 fully saturated rings.